The van der Waals surface area contributed by atoms with Crippen molar-refractivity contribution in [3.8, 4) is 6.07 Å². The first-order chi connectivity index (χ1) is 8.74. The van der Waals surface area contributed by atoms with Gasteiger partial charge in [-0.05, 0) is 43.4 Å². The minimum atomic E-state index is -0.0650. The number of nitriles is 1. The monoisotopic (exact) mass is 242 g/mol. The van der Waals surface area contributed by atoms with E-state index in [0.29, 0.717) is 5.56 Å². The van der Waals surface area contributed by atoms with Crippen LogP contribution in [0.25, 0.3) is 0 Å². The molecule has 1 aromatic carbocycles. The van der Waals surface area contributed by atoms with E-state index in [4.69, 9.17) is 5.26 Å². The average Bonchev–Trinajstić information content (AvgIpc) is 2.86. The first-order valence-electron chi connectivity index (χ1n) is 6.54. The van der Waals surface area contributed by atoms with E-state index in [0.717, 1.165) is 25.7 Å². The number of nitrogens with one attached hydrogen (secondary N) is 1. The summed E-state index contributed by atoms with van der Waals surface area (Å²) < 4.78 is 0. The van der Waals surface area contributed by atoms with Gasteiger partial charge in [0.1, 0.15) is 0 Å². The Balaban J connectivity index is 2.01. The fourth-order valence-corrected chi connectivity index (χ4v) is 2.43. The van der Waals surface area contributed by atoms with Crippen molar-refractivity contribution < 1.29 is 4.79 Å². The highest BCUT2D eigenvalue weighted by Gasteiger charge is 2.28. The summed E-state index contributed by atoms with van der Waals surface area (Å²) in [6, 6.07) is 9.95. The smallest absolute Gasteiger partial charge is 0.251 e. The van der Waals surface area contributed by atoms with Crippen LogP contribution >= 0.6 is 0 Å². The van der Waals surface area contributed by atoms with E-state index in [2.05, 4.69) is 18.3 Å². The molecule has 1 aromatic rings. The highest BCUT2D eigenvalue weighted by atomic mass is 16.1. The lowest BCUT2D eigenvalue weighted by atomic mass is 10.0. The predicted octanol–water partition coefficient (Wildman–Crippen LogP) is 2.67. The number of hydrogen-bond acceptors (Lipinski definition) is 2. The number of hydrogen-bond donors (Lipinski definition) is 1. The first kappa shape index (κ1) is 12.6. The summed E-state index contributed by atoms with van der Waals surface area (Å²) in [5.41, 5.74) is 1.90. The Morgan fingerprint density at radius 2 is 2.11 bits per heavy atom. The number of aryl methyl sites for hydroxylation is 1. The molecule has 1 aliphatic rings. The van der Waals surface area contributed by atoms with Crippen LogP contribution in [0, 0.1) is 17.2 Å². The quantitative estimate of drug-likeness (QED) is 0.886. The lowest BCUT2D eigenvalue weighted by molar-refractivity contribution is 0.0933. The molecule has 0 radical (unpaired) electrons. The molecule has 18 heavy (non-hydrogen) atoms. The van der Waals surface area contributed by atoms with Crippen molar-refractivity contribution in [2.75, 3.05) is 0 Å². The second-order valence-electron chi connectivity index (χ2n) is 4.80. The third-order valence-corrected chi connectivity index (χ3v) is 3.62. The molecule has 3 heteroatoms. The van der Waals surface area contributed by atoms with E-state index in [9.17, 15) is 4.79 Å². The van der Waals surface area contributed by atoms with Gasteiger partial charge in [0.25, 0.3) is 5.91 Å². The molecule has 0 aliphatic heterocycles. The Morgan fingerprint density at radius 3 is 2.72 bits per heavy atom. The van der Waals surface area contributed by atoms with Gasteiger partial charge in [-0.25, -0.2) is 0 Å². The topological polar surface area (TPSA) is 52.9 Å². The van der Waals surface area contributed by atoms with Gasteiger partial charge in [0, 0.05) is 11.6 Å². The van der Waals surface area contributed by atoms with Crippen molar-refractivity contribution >= 4 is 5.91 Å². The summed E-state index contributed by atoms with van der Waals surface area (Å²) in [6.45, 7) is 2.09. The molecule has 2 unspecified atom stereocenters. The first-order valence-corrected chi connectivity index (χ1v) is 6.54. The summed E-state index contributed by atoms with van der Waals surface area (Å²) in [6.07, 6.45) is 3.81. The zero-order chi connectivity index (χ0) is 13.0. The number of carbonyl (C=O) groups is 1. The number of nitrogens with zero attached hydrogens (tertiary/aromatic N) is 1. The van der Waals surface area contributed by atoms with Crippen LogP contribution in [-0.2, 0) is 6.42 Å². The van der Waals surface area contributed by atoms with E-state index in [1.165, 1.54) is 5.56 Å². The molecule has 0 saturated heterocycles. The van der Waals surface area contributed by atoms with Gasteiger partial charge in [0.05, 0.1) is 12.0 Å². The van der Waals surface area contributed by atoms with Gasteiger partial charge in [-0.1, -0.05) is 19.1 Å². The Bertz CT molecular complexity index is 458. The van der Waals surface area contributed by atoms with Crippen LogP contribution in [0.1, 0.15) is 42.1 Å². The second-order valence-corrected chi connectivity index (χ2v) is 4.80. The van der Waals surface area contributed by atoms with Gasteiger partial charge >= 0.3 is 0 Å². The van der Waals surface area contributed by atoms with Gasteiger partial charge in [0.15, 0.2) is 0 Å². The van der Waals surface area contributed by atoms with Crippen molar-refractivity contribution in [3.05, 3.63) is 35.4 Å². The Hall–Kier alpha value is -1.82. The van der Waals surface area contributed by atoms with E-state index < -0.39 is 0 Å². The Kier molecular flexibility index (Phi) is 3.99. The van der Waals surface area contributed by atoms with E-state index in [1.807, 2.05) is 24.3 Å². The molecule has 2 atom stereocenters. The molecular formula is C15H18N2O. The maximum Gasteiger partial charge on any atom is 0.251 e. The molecule has 1 aliphatic carbocycles. The fraction of sp³-hybridized carbons (Fsp3) is 0.467. The maximum absolute atomic E-state index is 12.0. The minimum Gasteiger partial charge on any atom is -0.348 e. The molecule has 3 nitrogen and oxygen atoms in total. The lowest BCUT2D eigenvalue weighted by Gasteiger charge is -2.15. The van der Waals surface area contributed by atoms with Gasteiger partial charge in [-0.15, -0.1) is 0 Å². The summed E-state index contributed by atoms with van der Waals surface area (Å²) >= 11 is 0. The molecule has 0 bridgehead atoms. The van der Waals surface area contributed by atoms with Crippen LogP contribution < -0.4 is 5.32 Å². The summed E-state index contributed by atoms with van der Waals surface area (Å²) in [7, 11) is 0. The lowest BCUT2D eigenvalue weighted by Crippen LogP contribution is -2.36. The highest BCUT2D eigenvalue weighted by Crippen LogP contribution is 2.25. The normalized spacial score (nSPS) is 22.4. The largest absolute Gasteiger partial charge is 0.348 e. The van der Waals surface area contributed by atoms with Crippen molar-refractivity contribution in [3.63, 3.8) is 0 Å². The number of benzene rings is 1. The molecular weight excluding hydrogens is 224 g/mol. The van der Waals surface area contributed by atoms with E-state index in [-0.39, 0.29) is 17.9 Å². The maximum atomic E-state index is 12.0. The zero-order valence-corrected chi connectivity index (χ0v) is 10.6. The fourth-order valence-electron chi connectivity index (χ4n) is 2.43. The van der Waals surface area contributed by atoms with Crippen LogP contribution in [0.5, 0.6) is 0 Å². The standard InChI is InChI=1S/C15H18N2O/c1-2-11-6-8-12(9-7-11)15(18)17-14-5-3-4-13(14)10-16/h6-9,13-14H,2-5H2,1H3,(H,17,18). The van der Waals surface area contributed by atoms with Crippen LogP contribution in [0.3, 0.4) is 0 Å². The predicted molar refractivity (Wildman–Crippen MR) is 70.0 cm³/mol. The van der Waals surface area contributed by atoms with Crippen molar-refractivity contribution in [1.82, 2.24) is 5.32 Å². The third-order valence-electron chi connectivity index (χ3n) is 3.62. The third kappa shape index (κ3) is 2.70. The summed E-state index contributed by atoms with van der Waals surface area (Å²) in [4.78, 5) is 12.0. The molecule has 0 spiro atoms. The van der Waals surface area contributed by atoms with Crippen LogP contribution in [0.4, 0.5) is 0 Å². The van der Waals surface area contributed by atoms with Crippen LogP contribution in [-0.4, -0.2) is 11.9 Å². The molecule has 1 fully saturated rings. The highest BCUT2D eigenvalue weighted by molar-refractivity contribution is 5.94. The molecule has 94 valence electrons. The number of amides is 1. The van der Waals surface area contributed by atoms with E-state index in [1.54, 1.807) is 0 Å². The summed E-state index contributed by atoms with van der Waals surface area (Å²) in [5.74, 6) is -0.0892. The molecule has 1 amide bonds. The second kappa shape index (κ2) is 5.68. The van der Waals surface area contributed by atoms with Crippen LogP contribution in [0.2, 0.25) is 0 Å². The van der Waals surface area contributed by atoms with Crippen LogP contribution in [0.15, 0.2) is 24.3 Å². The van der Waals surface area contributed by atoms with Crippen molar-refractivity contribution in [1.29, 1.82) is 5.26 Å². The number of carbonyl (C=O) groups excluding carboxylic acids is 1. The molecule has 0 heterocycles. The zero-order valence-electron chi connectivity index (χ0n) is 10.6. The van der Waals surface area contributed by atoms with Gasteiger partial charge in [-0.3, -0.25) is 4.79 Å². The van der Waals surface area contributed by atoms with E-state index >= 15 is 0 Å². The minimum absolute atomic E-state index is 0.0216. The number of rotatable bonds is 3. The molecule has 0 aromatic heterocycles. The Labute approximate surface area is 108 Å². The Morgan fingerprint density at radius 1 is 1.39 bits per heavy atom. The van der Waals surface area contributed by atoms with Gasteiger partial charge in [-0.2, -0.15) is 5.26 Å². The SMILES string of the molecule is CCc1ccc(C(=O)NC2CCCC2C#N)cc1. The molecule has 1 N–H and O–H groups in total. The van der Waals surface area contributed by atoms with Gasteiger partial charge < -0.3 is 5.32 Å². The van der Waals surface area contributed by atoms with Crippen molar-refractivity contribution in [2.24, 2.45) is 5.92 Å². The summed E-state index contributed by atoms with van der Waals surface area (Å²) in [5, 5.41) is 12.0. The average molecular weight is 242 g/mol. The molecule has 2 rings (SSSR count). The molecule has 1 saturated carbocycles. The van der Waals surface area contributed by atoms with Gasteiger partial charge in [0.2, 0.25) is 0 Å². The van der Waals surface area contributed by atoms with Crippen molar-refractivity contribution in [2.45, 2.75) is 38.6 Å².